The predicted molar refractivity (Wildman–Crippen MR) is 54.5 cm³/mol. The van der Waals surface area contributed by atoms with Gasteiger partial charge in [-0.1, -0.05) is 0 Å². The predicted octanol–water partition coefficient (Wildman–Crippen LogP) is 1.58. The van der Waals surface area contributed by atoms with Gasteiger partial charge in [0.05, 0.1) is 6.54 Å². The molecule has 15 heavy (non-hydrogen) atoms. The van der Waals surface area contributed by atoms with Crippen LogP contribution in [0.15, 0.2) is 0 Å². The summed E-state index contributed by atoms with van der Waals surface area (Å²) in [5.74, 6) is 0.554. The number of nitrogens with zero attached hydrogens (tertiary/aromatic N) is 1. The lowest BCUT2D eigenvalue weighted by Gasteiger charge is -2.29. The number of hydrogen-bond acceptors (Lipinski definition) is 3. The fourth-order valence-electron chi connectivity index (χ4n) is 2.02. The number of piperidine rings is 1. The van der Waals surface area contributed by atoms with Crippen LogP contribution in [-0.2, 0) is 9.53 Å². The quantitative estimate of drug-likeness (QED) is 0.611. The Morgan fingerprint density at radius 1 is 1.47 bits per heavy atom. The zero-order valence-electron chi connectivity index (χ0n) is 9.45. The topological polar surface area (TPSA) is 46.6 Å². The number of hydrogen-bond donors (Lipinski definition) is 0. The molecule has 0 bridgehead atoms. The summed E-state index contributed by atoms with van der Waals surface area (Å²) in [5.41, 5.74) is -0.484. The highest BCUT2D eigenvalue weighted by Crippen LogP contribution is 2.42. The lowest BCUT2D eigenvalue weighted by molar-refractivity contribution is -0.122. The average molecular weight is 211 g/mol. The van der Waals surface area contributed by atoms with Crippen LogP contribution >= 0.6 is 0 Å². The minimum atomic E-state index is -0.484. The van der Waals surface area contributed by atoms with Crippen molar-refractivity contribution < 1.29 is 14.3 Å². The van der Waals surface area contributed by atoms with E-state index < -0.39 is 5.60 Å². The minimum absolute atomic E-state index is 0.152. The minimum Gasteiger partial charge on any atom is -0.444 e. The first-order chi connectivity index (χ1) is 6.87. The summed E-state index contributed by atoms with van der Waals surface area (Å²) >= 11 is 0. The number of likely N-dealkylation sites (tertiary alicyclic amines) is 1. The number of carbonyl (C=O) groups is 2. The van der Waals surface area contributed by atoms with E-state index in [4.69, 9.17) is 4.74 Å². The second kappa shape index (κ2) is 3.22. The molecule has 2 fully saturated rings. The molecule has 1 heterocycles. The molecule has 2 rings (SSSR count). The van der Waals surface area contributed by atoms with Crippen LogP contribution in [0.4, 0.5) is 4.79 Å². The highest BCUT2D eigenvalue weighted by molar-refractivity contribution is 5.86. The first kappa shape index (κ1) is 10.5. The first-order valence-corrected chi connectivity index (χ1v) is 5.38. The highest BCUT2D eigenvalue weighted by atomic mass is 16.6. The zero-order valence-corrected chi connectivity index (χ0v) is 9.45. The lowest BCUT2D eigenvalue weighted by atomic mass is 10.1. The van der Waals surface area contributed by atoms with E-state index in [1.165, 1.54) is 0 Å². The Morgan fingerprint density at radius 2 is 2.13 bits per heavy atom. The maximum Gasteiger partial charge on any atom is 0.410 e. The van der Waals surface area contributed by atoms with Crippen LogP contribution in [0.25, 0.3) is 0 Å². The monoisotopic (exact) mass is 211 g/mol. The van der Waals surface area contributed by atoms with Crippen LogP contribution in [0.1, 0.15) is 33.6 Å². The number of ether oxygens (including phenoxy) is 1. The number of carbonyl (C=O) groups excluding carboxylic acids is 2. The number of fused-ring (bicyclic) bond motifs is 1. The summed E-state index contributed by atoms with van der Waals surface area (Å²) in [4.78, 5) is 24.7. The lowest BCUT2D eigenvalue weighted by Crippen LogP contribution is -2.44. The Labute approximate surface area is 89.6 Å². The van der Waals surface area contributed by atoms with Gasteiger partial charge in [-0.25, -0.2) is 4.79 Å². The molecule has 2 unspecified atom stereocenters. The maximum atomic E-state index is 11.7. The molecule has 0 aromatic rings. The molecule has 0 aromatic heterocycles. The van der Waals surface area contributed by atoms with Gasteiger partial charge in [0.2, 0.25) is 0 Å². The molecule has 1 aliphatic heterocycles. The second-order valence-corrected chi connectivity index (χ2v) is 5.41. The molecule has 4 nitrogen and oxygen atoms in total. The molecule has 84 valence electrons. The van der Waals surface area contributed by atoms with E-state index in [0.29, 0.717) is 12.3 Å². The van der Waals surface area contributed by atoms with Gasteiger partial charge in [0, 0.05) is 12.5 Å². The number of Topliss-reactive ketones (excluding diaryl/α,β-unsaturated/α-hetero) is 1. The van der Waals surface area contributed by atoms with Crippen molar-refractivity contribution in [2.75, 3.05) is 6.54 Å². The van der Waals surface area contributed by atoms with E-state index in [0.717, 1.165) is 6.42 Å². The van der Waals surface area contributed by atoms with Crippen molar-refractivity contribution in [1.82, 2.24) is 4.90 Å². The molecule has 0 N–H and O–H groups in total. The van der Waals surface area contributed by atoms with E-state index in [2.05, 4.69) is 0 Å². The average Bonchev–Trinajstić information content (AvgIpc) is 2.77. The molecular weight excluding hydrogens is 194 g/mol. The van der Waals surface area contributed by atoms with Crippen LogP contribution in [0, 0.1) is 5.92 Å². The molecular formula is C11H17NO3. The largest absolute Gasteiger partial charge is 0.444 e. The first-order valence-electron chi connectivity index (χ1n) is 5.38. The van der Waals surface area contributed by atoms with Crippen LogP contribution in [0.5, 0.6) is 0 Å². The molecule has 4 heteroatoms. The van der Waals surface area contributed by atoms with Gasteiger partial charge in [0.25, 0.3) is 0 Å². The summed E-state index contributed by atoms with van der Waals surface area (Å²) in [5, 5.41) is 0. The molecule has 0 radical (unpaired) electrons. The Bertz CT molecular complexity index is 305. The summed E-state index contributed by atoms with van der Waals surface area (Å²) in [6.45, 7) is 5.74. The van der Waals surface area contributed by atoms with Gasteiger partial charge in [-0.05, 0) is 33.1 Å². The fraction of sp³-hybridized carbons (Fsp3) is 0.818. The van der Waals surface area contributed by atoms with Crippen molar-refractivity contribution in [3.63, 3.8) is 0 Å². The van der Waals surface area contributed by atoms with E-state index in [1.807, 2.05) is 20.8 Å². The van der Waals surface area contributed by atoms with Crippen molar-refractivity contribution in [3.05, 3.63) is 0 Å². The summed E-state index contributed by atoms with van der Waals surface area (Å²) < 4.78 is 5.26. The Balaban J connectivity index is 1.98. The third-order valence-electron chi connectivity index (χ3n) is 2.75. The molecule has 1 saturated carbocycles. The molecule has 2 aliphatic rings. The van der Waals surface area contributed by atoms with Crippen LogP contribution in [0.3, 0.4) is 0 Å². The maximum absolute atomic E-state index is 11.7. The van der Waals surface area contributed by atoms with Crippen molar-refractivity contribution in [1.29, 1.82) is 0 Å². The molecule has 2 atom stereocenters. The standard InChI is InChI=1S/C11H17NO3/c1-11(2,3)15-10(14)12-6-8(13)4-7-5-9(7)12/h7,9H,4-6H2,1-3H3. The molecule has 0 spiro atoms. The summed E-state index contributed by atoms with van der Waals surface area (Å²) in [6, 6.07) is 0.262. The third-order valence-corrected chi connectivity index (χ3v) is 2.75. The van der Waals surface area contributed by atoms with Gasteiger partial charge < -0.3 is 4.74 Å². The number of ketones is 1. The highest BCUT2D eigenvalue weighted by Gasteiger charge is 2.49. The van der Waals surface area contributed by atoms with Crippen LogP contribution in [-0.4, -0.2) is 35.0 Å². The van der Waals surface area contributed by atoms with E-state index >= 15 is 0 Å². The Morgan fingerprint density at radius 3 is 2.73 bits per heavy atom. The van der Waals surface area contributed by atoms with Gasteiger partial charge in [-0.3, -0.25) is 9.69 Å². The Kier molecular flexibility index (Phi) is 2.24. The normalized spacial score (nSPS) is 29.8. The van der Waals surface area contributed by atoms with Crippen molar-refractivity contribution >= 4 is 11.9 Å². The van der Waals surface area contributed by atoms with Crippen molar-refractivity contribution in [2.45, 2.75) is 45.3 Å². The van der Waals surface area contributed by atoms with Gasteiger partial charge in [-0.2, -0.15) is 0 Å². The third kappa shape index (κ3) is 2.30. The second-order valence-electron chi connectivity index (χ2n) is 5.41. The van der Waals surface area contributed by atoms with Gasteiger partial charge >= 0.3 is 6.09 Å². The molecule has 1 aliphatic carbocycles. The molecule has 1 saturated heterocycles. The van der Waals surface area contributed by atoms with Gasteiger partial charge in [-0.15, -0.1) is 0 Å². The van der Waals surface area contributed by atoms with Crippen LogP contribution < -0.4 is 0 Å². The van der Waals surface area contributed by atoms with Crippen molar-refractivity contribution in [2.24, 2.45) is 5.92 Å². The number of amides is 1. The molecule has 0 aromatic carbocycles. The van der Waals surface area contributed by atoms with Crippen LogP contribution in [0.2, 0.25) is 0 Å². The fourth-order valence-corrected chi connectivity index (χ4v) is 2.02. The van der Waals surface area contributed by atoms with E-state index in [9.17, 15) is 9.59 Å². The van der Waals surface area contributed by atoms with Gasteiger partial charge in [0.1, 0.15) is 5.60 Å². The Hall–Kier alpha value is -1.06. The zero-order chi connectivity index (χ0) is 11.2. The van der Waals surface area contributed by atoms with Crippen molar-refractivity contribution in [3.8, 4) is 0 Å². The van der Waals surface area contributed by atoms with E-state index in [-0.39, 0.29) is 24.5 Å². The SMILES string of the molecule is CC(C)(C)OC(=O)N1CC(=O)CC2CC21. The molecule has 1 amide bonds. The van der Waals surface area contributed by atoms with Gasteiger partial charge in [0.15, 0.2) is 5.78 Å². The summed E-state index contributed by atoms with van der Waals surface area (Å²) in [7, 11) is 0. The number of rotatable bonds is 0. The summed E-state index contributed by atoms with van der Waals surface area (Å²) in [6.07, 6.45) is 1.26. The smallest absolute Gasteiger partial charge is 0.410 e. The van der Waals surface area contributed by atoms with E-state index in [1.54, 1.807) is 4.90 Å².